The fourth-order valence-corrected chi connectivity index (χ4v) is 2.90. The van der Waals surface area contributed by atoms with E-state index in [0.29, 0.717) is 37.2 Å². The second-order valence-corrected chi connectivity index (χ2v) is 6.18. The van der Waals surface area contributed by atoms with Gasteiger partial charge in [-0.3, -0.25) is 9.69 Å². The van der Waals surface area contributed by atoms with Crippen LogP contribution in [0.25, 0.3) is 22.2 Å². The van der Waals surface area contributed by atoms with Crippen molar-refractivity contribution >= 4 is 22.6 Å². The van der Waals surface area contributed by atoms with Crippen LogP contribution in [0.1, 0.15) is 5.89 Å². The normalized spacial score (nSPS) is 15.3. The number of fused-ring (bicyclic) bond motifs is 1. The van der Waals surface area contributed by atoms with Gasteiger partial charge in [-0.15, -0.1) is 10.2 Å². The predicted octanol–water partition coefficient (Wildman–Crippen LogP) is 1.86. The molecule has 2 aromatic heterocycles. The van der Waals surface area contributed by atoms with Crippen LogP contribution in [0.3, 0.4) is 0 Å². The molecule has 134 valence electrons. The largest absolute Gasteiger partial charge is 0.441 e. The first kappa shape index (κ1) is 16.6. The van der Waals surface area contributed by atoms with E-state index >= 15 is 0 Å². The van der Waals surface area contributed by atoms with E-state index in [1.54, 1.807) is 13.1 Å². The van der Waals surface area contributed by atoms with Gasteiger partial charge >= 0.3 is 0 Å². The second kappa shape index (κ2) is 7.19. The smallest absolute Gasteiger partial charge is 0.239 e. The maximum atomic E-state index is 12.2. The minimum Gasteiger partial charge on any atom is -0.441 e. The highest BCUT2D eigenvalue weighted by molar-refractivity contribution is 5.93. The molecule has 0 aliphatic carbocycles. The van der Waals surface area contributed by atoms with Gasteiger partial charge in [0.1, 0.15) is 0 Å². The summed E-state index contributed by atoms with van der Waals surface area (Å²) in [5.74, 6) is 1.63. The van der Waals surface area contributed by atoms with Crippen LogP contribution in [0, 0.1) is 6.92 Å². The van der Waals surface area contributed by atoms with Crippen LogP contribution in [0.15, 0.2) is 34.9 Å². The molecule has 1 fully saturated rings. The van der Waals surface area contributed by atoms with Crippen LogP contribution in [-0.4, -0.2) is 58.8 Å². The lowest BCUT2D eigenvalue weighted by Gasteiger charge is -2.25. The molecule has 1 aliphatic heterocycles. The molecule has 3 aromatic rings. The average molecular weight is 353 g/mol. The van der Waals surface area contributed by atoms with E-state index in [4.69, 9.17) is 9.15 Å². The Bertz CT molecular complexity index is 933. The minimum absolute atomic E-state index is 0.109. The van der Waals surface area contributed by atoms with Crippen molar-refractivity contribution in [2.75, 3.05) is 38.2 Å². The molecule has 0 spiro atoms. The molecule has 0 saturated carbocycles. The van der Waals surface area contributed by atoms with Crippen LogP contribution in [0.2, 0.25) is 0 Å². The molecule has 1 aromatic carbocycles. The summed E-state index contributed by atoms with van der Waals surface area (Å²) in [6.45, 7) is 4.96. The Balaban J connectivity index is 1.51. The Morgan fingerprint density at radius 3 is 2.85 bits per heavy atom. The number of carbonyl (C=O) groups is 1. The quantitative estimate of drug-likeness (QED) is 0.765. The van der Waals surface area contributed by atoms with E-state index in [9.17, 15) is 4.79 Å². The first-order chi connectivity index (χ1) is 12.7. The number of benzene rings is 1. The Labute approximate surface area is 150 Å². The van der Waals surface area contributed by atoms with Gasteiger partial charge in [-0.2, -0.15) is 0 Å². The number of nitrogens with one attached hydrogen (secondary N) is 1. The number of rotatable bonds is 4. The fourth-order valence-electron chi connectivity index (χ4n) is 2.90. The summed E-state index contributed by atoms with van der Waals surface area (Å²) in [4.78, 5) is 18.4. The van der Waals surface area contributed by atoms with Gasteiger partial charge < -0.3 is 14.5 Å². The van der Waals surface area contributed by atoms with Gasteiger partial charge in [-0.1, -0.05) is 0 Å². The van der Waals surface area contributed by atoms with Gasteiger partial charge in [-0.25, -0.2) is 4.98 Å². The van der Waals surface area contributed by atoms with Crippen molar-refractivity contribution in [3.63, 3.8) is 0 Å². The first-order valence-corrected chi connectivity index (χ1v) is 8.48. The summed E-state index contributed by atoms with van der Waals surface area (Å²) < 4.78 is 10.9. The topological polar surface area (TPSA) is 93.4 Å². The number of aromatic nitrogens is 3. The zero-order chi connectivity index (χ0) is 17.9. The number of aryl methyl sites for hydroxylation is 1. The van der Waals surface area contributed by atoms with Crippen molar-refractivity contribution in [1.82, 2.24) is 20.1 Å². The van der Waals surface area contributed by atoms with Crippen molar-refractivity contribution < 1.29 is 13.9 Å². The molecular weight excluding hydrogens is 334 g/mol. The molecule has 0 radical (unpaired) electrons. The molecule has 1 amide bonds. The van der Waals surface area contributed by atoms with Crippen molar-refractivity contribution in [3.05, 3.63) is 36.4 Å². The van der Waals surface area contributed by atoms with E-state index in [0.717, 1.165) is 29.6 Å². The van der Waals surface area contributed by atoms with Crippen LogP contribution in [0.5, 0.6) is 0 Å². The number of hydrogen-bond donors (Lipinski definition) is 1. The third-order valence-corrected chi connectivity index (χ3v) is 4.23. The zero-order valence-corrected chi connectivity index (χ0v) is 14.4. The maximum Gasteiger partial charge on any atom is 0.239 e. The van der Waals surface area contributed by atoms with Crippen LogP contribution in [-0.2, 0) is 9.53 Å². The van der Waals surface area contributed by atoms with Gasteiger partial charge in [-0.05, 0) is 24.3 Å². The van der Waals surface area contributed by atoms with Gasteiger partial charge in [0.25, 0.3) is 0 Å². The molecule has 8 nitrogen and oxygen atoms in total. The monoisotopic (exact) mass is 353 g/mol. The van der Waals surface area contributed by atoms with Gasteiger partial charge in [0.2, 0.25) is 5.91 Å². The lowest BCUT2D eigenvalue weighted by molar-refractivity contribution is -0.118. The summed E-state index contributed by atoms with van der Waals surface area (Å²) in [5.41, 5.74) is 1.65. The first-order valence-electron chi connectivity index (χ1n) is 8.48. The van der Waals surface area contributed by atoms with Crippen molar-refractivity contribution in [2.45, 2.75) is 6.92 Å². The molecular formula is C18H19N5O3. The van der Waals surface area contributed by atoms with Crippen molar-refractivity contribution in [2.24, 2.45) is 0 Å². The van der Waals surface area contributed by atoms with E-state index in [2.05, 4.69) is 25.4 Å². The Kier molecular flexibility index (Phi) is 4.59. The highest BCUT2D eigenvalue weighted by atomic mass is 16.5. The van der Waals surface area contributed by atoms with Gasteiger partial charge in [0.05, 0.1) is 31.5 Å². The Morgan fingerprint density at radius 2 is 2.08 bits per heavy atom. The number of nitrogens with zero attached hydrogens (tertiary/aromatic N) is 4. The summed E-state index contributed by atoms with van der Waals surface area (Å²) in [7, 11) is 0. The Morgan fingerprint density at radius 1 is 1.23 bits per heavy atom. The number of carbonyl (C=O) groups excluding carboxylic acids is 1. The molecule has 0 bridgehead atoms. The number of oxazole rings is 1. The maximum absolute atomic E-state index is 12.2. The molecule has 1 N–H and O–H groups in total. The molecule has 1 saturated heterocycles. The second-order valence-electron chi connectivity index (χ2n) is 6.18. The predicted molar refractivity (Wildman–Crippen MR) is 95.7 cm³/mol. The number of morpholine rings is 1. The summed E-state index contributed by atoms with van der Waals surface area (Å²) in [6, 6.07) is 7.54. The average Bonchev–Trinajstić information content (AvgIpc) is 3.08. The number of hydrogen-bond acceptors (Lipinski definition) is 7. The van der Waals surface area contributed by atoms with E-state index in [1.807, 2.05) is 24.3 Å². The number of ether oxygens (including phenoxy) is 1. The summed E-state index contributed by atoms with van der Waals surface area (Å²) in [5, 5.41) is 11.9. The van der Waals surface area contributed by atoms with Crippen LogP contribution < -0.4 is 5.32 Å². The van der Waals surface area contributed by atoms with E-state index < -0.39 is 0 Å². The lowest BCUT2D eigenvalue weighted by Crippen LogP contribution is -2.41. The molecule has 8 heteroatoms. The van der Waals surface area contributed by atoms with E-state index in [1.165, 1.54) is 0 Å². The minimum atomic E-state index is -0.109. The summed E-state index contributed by atoms with van der Waals surface area (Å²) >= 11 is 0. The van der Waals surface area contributed by atoms with Crippen LogP contribution in [0.4, 0.5) is 5.82 Å². The number of amides is 1. The third kappa shape index (κ3) is 3.71. The number of anilines is 1. The fraction of sp³-hybridized carbons (Fsp3) is 0.333. The molecule has 3 heterocycles. The molecule has 26 heavy (non-hydrogen) atoms. The van der Waals surface area contributed by atoms with Gasteiger partial charge in [0.15, 0.2) is 17.5 Å². The van der Waals surface area contributed by atoms with E-state index in [-0.39, 0.29) is 5.91 Å². The lowest BCUT2D eigenvalue weighted by atomic mass is 10.1. The molecule has 0 atom stereocenters. The van der Waals surface area contributed by atoms with Crippen molar-refractivity contribution in [1.29, 1.82) is 0 Å². The highest BCUT2D eigenvalue weighted by Crippen LogP contribution is 2.25. The molecule has 1 aliphatic rings. The highest BCUT2D eigenvalue weighted by Gasteiger charge is 2.15. The van der Waals surface area contributed by atoms with Crippen LogP contribution >= 0.6 is 0 Å². The zero-order valence-electron chi connectivity index (χ0n) is 14.4. The summed E-state index contributed by atoms with van der Waals surface area (Å²) in [6.07, 6.45) is 1.69. The molecule has 4 rings (SSSR count). The van der Waals surface area contributed by atoms with Crippen molar-refractivity contribution in [3.8, 4) is 11.3 Å². The molecule has 0 unspecified atom stereocenters. The Hall–Kier alpha value is -2.84. The third-order valence-electron chi connectivity index (χ3n) is 4.23. The van der Waals surface area contributed by atoms with Gasteiger partial charge in [0, 0.05) is 31.0 Å². The standard InChI is InChI=1S/C18H19N5O3/c1-12-19-10-16(26-12)13-2-3-15-14(8-13)9-17(22-21-15)20-18(24)11-23-4-6-25-7-5-23/h2-3,8-10H,4-7,11H2,1H3,(H,20,22,24). The SMILES string of the molecule is Cc1ncc(-c2ccc3nnc(NC(=O)CN4CCOCC4)cc3c2)o1.